The fourth-order valence-corrected chi connectivity index (χ4v) is 3.42. The summed E-state index contributed by atoms with van der Waals surface area (Å²) in [6, 6.07) is 10.9. The standard InChI is InChI=1S/C18H23N/c1-4-10-17(11-5-1)16-18(12-6-2-7-13-18)19-14-8-3-9-15-19/h1-2,4-7,10-12H,3,8-9,13-16H2. The van der Waals surface area contributed by atoms with Crippen LogP contribution in [0.2, 0.25) is 0 Å². The van der Waals surface area contributed by atoms with E-state index in [2.05, 4.69) is 59.5 Å². The van der Waals surface area contributed by atoms with Crippen LogP contribution < -0.4 is 0 Å². The molecule has 0 N–H and O–H groups in total. The highest BCUT2D eigenvalue weighted by Gasteiger charge is 2.34. The van der Waals surface area contributed by atoms with Gasteiger partial charge in [-0.05, 0) is 44.3 Å². The maximum absolute atomic E-state index is 2.71. The number of rotatable bonds is 3. The quantitative estimate of drug-likeness (QED) is 0.788. The number of piperidine rings is 1. The minimum atomic E-state index is 0.219. The lowest BCUT2D eigenvalue weighted by Gasteiger charge is -2.45. The Kier molecular flexibility index (Phi) is 3.84. The number of allylic oxidation sites excluding steroid dienone is 2. The lowest BCUT2D eigenvalue weighted by atomic mass is 9.82. The summed E-state index contributed by atoms with van der Waals surface area (Å²) in [6.07, 6.45) is 15.6. The number of likely N-dealkylation sites (tertiary alicyclic amines) is 1. The smallest absolute Gasteiger partial charge is 0.0469 e. The molecule has 0 bridgehead atoms. The maximum Gasteiger partial charge on any atom is 0.0469 e. The van der Waals surface area contributed by atoms with E-state index in [9.17, 15) is 0 Å². The lowest BCUT2D eigenvalue weighted by molar-refractivity contribution is 0.105. The normalized spacial score (nSPS) is 27.6. The van der Waals surface area contributed by atoms with Gasteiger partial charge in [0.2, 0.25) is 0 Å². The molecule has 0 radical (unpaired) electrons. The zero-order valence-electron chi connectivity index (χ0n) is 11.6. The van der Waals surface area contributed by atoms with Gasteiger partial charge < -0.3 is 0 Å². The van der Waals surface area contributed by atoms with Gasteiger partial charge in [0.05, 0.1) is 0 Å². The van der Waals surface area contributed by atoms with E-state index in [0.29, 0.717) is 0 Å². The molecule has 100 valence electrons. The number of nitrogens with zero attached hydrogens (tertiary/aromatic N) is 1. The molecule has 1 atom stereocenters. The summed E-state index contributed by atoms with van der Waals surface area (Å²) in [5.41, 5.74) is 1.67. The van der Waals surface area contributed by atoms with Crippen LogP contribution in [0, 0.1) is 0 Å². The molecule has 1 fully saturated rings. The first-order valence-corrected chi connectivity index (χ1v) is 7.52. The predicted octanol–water partition coefficient (Wildman–Crippen LogP) is 3.97. The molecule has 19 heavy (non-hydrogen) atoms. The zero-order chi connectivity index (χ0) is 13.0. The summed E-state index contributed by atoms with van der Waals surface area (Å²) < 4.78 is 0. The molecule has 1 nitrogen and oxygen atoms in total. The minimum Gasteiger partial charge on any atom is -0.294 e. The number of hydrogen-bond donors (Lipinski definition) is 0. The SMILES string of the molecule is C1=CCC(Cc2ccccc2)(N2CCCCC2)C=C1. The van der Waals surface area contributed by atoms with E-state index in [1.54, 1.807) is 0 Å². The Morgan fingerprint density at radius 1 is 0.947 bits per heavy atom. The molecule has 0 amide bonds. The molecule has 0 spiro atoms. The highest BCUT2D eigenvalue weighted by Crippen LogP contribution is 2.32. The van der Waals surface area contributed by atoms with Gasteiger partial charge in [-0.1, -0.05) is 61.1 Å². The van der Waals surface area contributed by atoms with Crippen molar-refractivity contribution in [1.29, 1.82) is 0 Å². The van der Waals surface area contributed by atoms with Gasteiger partial charge in [0.25, 0.3) is 0 Å². The monoisotopic (exact) mass is 253 g/mol. The van der Waals surface area contributed by atoms with Crippen LogP contribution in [0.25, 0.3) is 0 Å². The largest absolute Gasteiger partial charge is 0.294 e. The van der Waals surface area contributed by atoms with Gasteiger partial charge in [0.1, 0.15) is 0 Å². The van der Waals surface area contributed by atoms with Crippen molar-refractivity contribution in [1.82, 2.24) is 4.90 Å². The molecule has 2 aliphatic rings. The lowest BCUT2D eigenvalue weighted by Crippen LogP contribution is -2.51. The van der Waals surface area contributed by atoms with Crippen LogP contribution in [0.4, 0.5) is 0 Å². The molecule has 1 aliphatic heterocycles. The van der Waals surface area contributed by atoms with Gasteiger partial charge in [-0.25, -0.2) is 0 Å². The first kappa shape index (κ1) is 12.7. The number of benzene rings is 1. The van der Waals surface area contributed by atoms with Crippen LogP contribution in [0.1, 0.15) is 31.2 Å². The van der Waals surface area contributed by atoms with E-state index in [0.717, 1.165) is 12.8 Å². The first-order valence-electron chi connectivity index (χ1n) is 7.52. The summed E-state index contributed by atoms with van der Waals surface area (Å²) in [5.74, 6) is 0. The van der Waals surface area contributed by atoms with Gasteiger partial charge >= 0.3 is 0 Å². The Bertz CT molecular complexity index is 454. The molecule has 0 saturated carbocycles. The molecule has 3 rings (SSSR count). The second kappa shape index (κ2) is 5.75. The van der Waals surface area contributed by atoms with E-state index in [-0.39, 0.29) is 5.54 Å². The summed E-state index contributed by atoms with van der Waals surface area (Å²) >= 11 is 0. The molecule has 1 aromatic rings. The third kappa shape index (κ3) is 2.82. The summed E-state index contributed by atoms with van der Waals surface area (Å²) in [4.78, 5) is 2.71. The van der Waals surface area contributed by atoms with E-state index >= 15 is 0 Å². The molecule has 1 heteroatoms. The average molecular weight is 253 g/mol. The highest BCUT2D eigenvalue weighted by atomic mass is 15.2. The van der Waals surface area contributed by atoms with Crippen LogP contribution in [0.3, 0.4) is 0 Å². The maximum atomic E-state index is 2.71. The molecular weight excluding hydrogens is 230 g/mol. The van der Waals surface area contributed by atoms with Crippen molar-refractivity contribution in [3.63, 3.8) is 0 Å². The number of hydrogen-bond acceptors (Lipinski definition) is 1. The highest BCUT2D eigenvalue weighted by molar-refractivity contribution is 5.27. The third-order valence-electron chi connectivity index (χ3n) is 4.46. The zero-order valence-corrected chi connectivity index (χ0v) is 11.6. The van der Waals surface area contributed by atoms with Crippen LogP contribution >= 0.6 is 0 Å². The van der Waals surface area contributed by atoms with Gasteiger partial charge in [-0.3, -0.25) is 4.90 Å². The predicted molar refractivity (Wildman–Crippen MR) is 81.2 cm³/mol. The molecular formula is C18H23N. The van der Waals surface area contributed by atoms with Crippen molar-refractivity contribution in [3.05, 3.63) is 60.2 Å². The van der Waals surface area contributed by atoms with E-state index in [1.165, 1.54) is 37.9 Å². The van der Waals surface area contributed by atoms with Gasteiger partial charge in [0, 0.05) is 5.54 Å². The van der Waals surface area contributed by atoms with Crippen LogP contribution in [-0.2, 0) is 6.42 Å². The summed E-state index contributed by atoms with van der Waals surface area (Å²) in [6.45, 7) is 2.51. The molecule has 1 heterocycles. The Hall–Kier alpha value is -1.34. The fourth-order valence-electron chi connectivity index (χ4n) is 3.42. The topological polar surface area (TPSA) is 3.24 Å². The Morgan fingerprint density at radius 3 is 2.42 bits per heavy atom. The molecule has 1 saturated heterocycles. The average Bonchev–Trinajstić information content (AvgIpc) is 2.50. The van der Waals surface area contributed by atoms with Crippen molar-refractivity contribution < 1.29 is 0 Å². The van der Waals surface area contributed by atoms with Crippen LogP contribution in [0.15, 0.2) is 54.6 Å². The van der Waals surface area contributed by atoms with Crippen molar-refractivity contribution in [2.24, 2.45) is 0 Å². The second-order valence-electron chi connectivity index (χ2n) is 5.81. The molecule has 1 aliphatic carbocycles. The van der Waals surface area contributed by atoms with E-state index < -0.39 is 0 Å². The third-order valence-corrected chi connectivity index (χ3v) is 4.46. The molecule has 1 aromatic carbocycles. The first-order chi connectivity index (χ1) is 9.39. The Labute approximate surface area is 116 Å². The van der Waals surface area contributed by atoms with Gasteiger partial charge in [0.15, 0.2) is 0 Å². The Balaban J connectivity index is 1.84. The van der Waals surface area contributed by atoms with Crippen molar-refractivity contribution in [2.75, 3.05) is 13.1 Å². The second-order valence-corrected chi connectivity index (χ2v) is 5.81. The van der Waals surface area contributed by atoms with Gasteiger partial charge in [-0.2, -0.15) is 0 Å². The minimum absolute atomic E-state index is 0.219. The van der Waals surface area contributed by atoms with E-state index in [4.69, 9.17) is 0 Å². The summed E-state index contributed by atoms with van der Waals surface area (Å²) in [7, 11) is 0. The van der Waals surface area contributed by atoms with E-state index in [1.807, 2.05) is 0 Å². The van der Waals surface area contributed by atoms with Crippen molar-refractivity contribution in [3.8, 4) is 0 Å². The fraction of sp³-hybridized carbons (Fsp3) is 0.444. The summed E-state index contributed by atoms with van der Waals surface area (Å²) in [5, 5.41) is 0. The van der Waals surface area contributed by atoms with Crippen molar-refractivity contribution >= 4 is 0 Å². The van der Waals surface area contributed by atoms with Gasteiger partial charge in [-0.15, -0.1) is 0 Å². The van der Waals surface area contributed by atoms with Crippen molar-refractivity contribution in [2.45, 2.75) is 37.6 Å². The molecule has 0 aromatic heterocycles. The van der Waals surface area contributed by atoms with Crippen LogP contribution in [-0.4, -0.2) is 23.5 Å². The van der Waals surface area contributed by atoms with Crippen LogP contribution in [0.5, 0.6) is 0 Å². The molecule has 1 unspecified atom stereocenters. The Morgan fingerprint density at radius 2 is 1.74 bits per heavy atom.